The van der Waals surface area contributed by atoms with Gasteiger partial charge in [0.1, 0.15) is 5.82 Å². The molecular formula is C20H30N8O. The van der Waals surface area contributed by atoms with Crippen molar-refractivity contribution in [2.45, 2.75) is 19.0 Å². The zero-order valence-electron chi connectivity index (χ0n) is 17.5. The van der Waals surface area contributed by atoms with Gasteiger partial charge in [-0.25, -0.2) is 15.0 Å². The topological polar surface area (TPSA) is 73.8 Å². The van der Waals surface area contributed by atoms with Crippen LogP contribution >= 0.6 is 0 Å². The minimum absolute atomic E-state index is 0.435. The Morgan fingerprint density at radius 3 is 2.55 bits per heavy atom. The highest BCUT2D eigenvalue weighted by atomic mass is 16.5. The minimum atomic E-state index is 0.435. The third kappa shape index (κ3) is 4.73. The number of rotatable bonds is 6. The van der Waals surface area contributed by atoms with Crippen LogP contribution in [0.15, 0.2) is 24.7 Å². The second-order valence-corrected chi connectivity index (χ2v) is 7.89. The minimum Gasteiger partial charge on any atom is -0.378 e. The summed E-state index contributed by atoms with van der Waals surface area (Å²) in [7, 11) is 6.04. The Morgan fingerprint density at radius 2 is 1.83 bits per heavy atom. The van der Waals surface area contributed by atoms with E-state index in [-0.39, 0.29) is 0 Å². The lowest BCUT2D eigenvalue weighted by Crippen LogP contribution is -2.38. The second-order valence-electron chi connectivity index (χ2n) is 7.89. The Bertz CT molecular complexity index is 793. The highest BCUT2D eigenvalue weighted by molar-refractivity contribution is 5.44. The molecule has 2 saturated heterocycles. The molecule has 0 bridgehead atoms. The molecule has 0 aromatic carbocycles. The van der Waals surface area contributed by atoms with Crippen molar-refractivity contribution < 1.29 is 4.74 Å². The van der Waals surface area contributed by atoms with Crippen molar-refractivity contribution in [1.82, 2.24) is 24.8 Å². The van der Waals surface area contributed by atoms with Gasteiger partial charge in [0.2, 0.25) is 11.9 Å². The maximum atomic E-state index is 5.43. The fourth-order valence-corrected chi connectivity index (χ4v) is 3.83. The third-order valence-electron chi connectivity index (χ3n) is 5.58. The van der Waals surface area contributed by atoms with Gasteiger partial charge in [-0.05, 0) is 12.5 Å². The number of hydrogen-bond donors (Lipinski definition) is 0. The summed E-state index contributed by atoms with van der Waals surface area (Å²) >= 11 is 0. The summed E-state index contributed by atoms with van der Waals surface area (Å²) in [5.41, 5.74) is 1.15. The van der Waals surface area contributed by atoms with Crippen molar-refractivity contribution in [3.63, 3.8) is 0 Å². The molecule has 1 atom stereocenters. The first-order chi connectivity index (χ1) is 14.1. The number of aromatic nitrogens is 4. The lowest BCUT2D eigenvalue weighted by Gasteiger charge is -2.29. The average molecular weight is 399 g/mol. The maximum absolute atomic E-state index is 5.43. The zero-order valence-corrected chi connectivity index (χ0v) is 17.5. The molecule has 9 nitrogen and oxygen atoms in total. The largest absolute Gasteiger partial charge is 0.378 e. The summed E-state index contributed by atoms with van der Waals surface area (Å²) in [4.78, 5) is 27.0. The van der Waals surface area contributed by atoms with Gasteiger partial charge in [-0.2, -0.15) is 4.98 Å². The van der Waals surface area contributed by atoms with Gasteiger partial charge in [-0.15, -0.1) is 0 Å². The van der Waals surface area contributed by atoms with Crippen LogP contribution in [0, 0.1) is 0 Å². The number of ether oxygens (including phenoxy) is 1. The first-order valence-electron chi connectivity index (χ1n) is 10.2. The van der Waals surface area contributed by atoms with Crippen LogP contribution in [0.1, 0.15) is 12.0 Å². The molecule has 2 aliphatic rings. The Labute approximate surface area is 172 Å². The molecule has 4 heterocycles. The number of hydrogen-bond acceptors (Lipinski definition) is 9. The second kappa shape index (κ2) is 8.87. The van der Waals surface area contributed by atoms with E-state index in [1.165, 1.54) is 0 Å². The van der Waals surface area contributed by atoms with E-state index in [9.17, 15) is 0 Å². The van der Waals surface area contributed by atoms with Gasteiger partial charge in [0.25, 0.3) is 0 Å². The van der Waals surface area contributed by atoms with E-state index in [2.05, 4.69) is 36.7 Å². The van der Waals surface area contributed by atoms with Crippen molar-refractivity contribution in [3.05, 3.63) is 30.2 Å². The van der Waals surface area contributed by atoms with Crippen LogP contribution in [0.5, 0.6) is 0 Å². The first-order valence-corrected chi connectivity index (χ1v) is 10.2. The molecule has 0 spiro atoms. The van der Waals surface area contributed by atoms with Crippen molar-refractivity contribution in [3.8, 4) is 0 Å². The van der Waals surface area contributed by atoms with E-state index in [4.69, 9.17) is 9.72 Å². The van der Waals surface area contributed by atoms with Gasteiger partial charge in [-0.1, -0.05) is 0 Å². The van der Waals surface area contributed by atoms with Gasteiger partial charge in [0.15, 0.2) is 0 Å². The van der Waals surface area contributed by atoms with Gasteiger partial charge in [-0.3, -0.25) is 4.90 Å². The SMILES string of the molecule is CN(C)c1ncc(CN2CCC(N(C)c3ccnc(N4CCOCC4)n3)C2)cn1. The van der Waals surface area contributed by atoms with E-state index >= 15 is 0 Å². The van der Waals surface area contributed by atoms with Gasteiger partial charge in [0, 0.05) is 84.1 Å². The number of nitrogens with zero attached hydrogens (tertiary/aromatic N) is 8. The third-order valence-corrected chi connectivity index (χ3v) is 5.58. The van der Waals surface area contributed by atoms with Crippen LogP contribution in [0.3, 0.4) is 0 Å². The van der Waals surface area contributed by atoms with E-state index < -0.39 is 0 Å². The fourth-order valence-electron chi connectivity index (χ4n) is 3.83. The first kappa shape index (κ1) is 19.8. The maximum Gasteiger partial charge on any atom is 0.227 e. The molecule has 0 amide bonds. The lowest BCUT2D eigenvalue weighted by molar-refractivity contribution is 0.122. The standard InChI is InChI=1S/C20H30N8O/c1-25(2)19-22-12-16(13-23-19)14-27-7-5-17(15-27)26(3)18-4-6-21-20(24-18)28-8-10-29-11-9-28/h4,6,12-13,17H,5,7-11,14-15H2,1-3H3. The fraction of sp³-hybridized carbons (Fsp3) is 0.600. The summed E-state index contributed by atoms with van der Waals surface area (Å²) in [6, 6.07) is 2.44. The van der Waals surface area contributed by atoms with Crippen LogP contribution in [0.25, 0.3) is 0 Å². The molecule has 2 aromatic rings. The highest BCUT2D eigenvalue weighted by Gasteiger charge is 2.27. The molecule has 9 heteroatoms. The van der Waals surface area contributed by atoms with Gasteiger partial charge >= 0.3 is 0 Å². The summed E-state index contributed by atoms with van der Waals surface area (Å²) in [6.07, 6.45) is 6.83. The van der Waals surface area contributed by atoms with E-state index in [0.717, 1.165) is 75.6 Å². The molecular weight excluding hydrogens is 368 g/mol. The van der Waals surface area contributed by atoms with Crippen LogP contribution in [-0.2, 0) is 11.3 Å². The summed E-state index contributed by atoms with van der Waals surface area (Å²) in [5, 5.41) is 0. The average Bonchev–Trinajstić information content (AvgIpc) is 3.23. The Balaban J connectivity index is 1.36. The molecule has 156 valence electrons. The van der Waals surface area contributed by atoms with Crippen molar-refractivity contribution in [2.75, 3.05) is 75.2 Å². The van der Waals surface area contributed by atoms with E-state index in [1.54, 1.807) is 0 Å². The molecule has 2 aromatic heterocycles. The molecule has 2 aliphatic heterocycles. The Kier molecular flexibility index (Phi) is 6.05. The molecule has 0 radical (unpaired) electrons. The van der Waals surface area contributed by atoms with Crippen molar-refractivity contribution in [1.29, 1.82) is 0 Å². The summed E-state index contributed by atoms with van der Waals surface area (Å²) in [6.45, 7) is 6.11. The number of likely N-dealkylation sites (tertiary alicyclic amines) is 1. The molecule has 29 heavy (non-hydrogen) atoms. The van der Waals surface area contributed by atoms with Crippen LogP contribution < -0.4 is 14.7 Å². The van der Waals surface area contributed by atoms with Crippen molar-refractivity contribution in [2.24, 2.45) is 0 Å². The zero-order chi connectivity index (χ0) is 20.2. The lowest BCUT2D eigenvalue weighted by atomic mass is 10.2. The summed E-state index contributed by atoms with van der Waals surface area (Å²) < 4.78 is 5.43. The van der Waals surface area contributed by atoms with Crippen molar-refractivity contribution >= 4 is 17.7 Å². The molecule has 2 fully saturated rings. The molecule has 0 aliphatic carbocycles. The Morgan fingerprint density at radius 1 is 1.07 bits per heavy atom. The molecule has 0 saturated carbocycles. The van der Waals surface area contributed by atoms with Crippen LogP contribution in [0.4, 0.5) is 17.7 Å². The van der Waals surface area contributed by atoms with Gasteiger partial charge in [0.05, 0.1) is 13.2 Å². The molecule has 0 N–H and O–H groups in total. The number of likely N-dealkylation sites (N-methyl/N-ethyl adjacent to an activating group) is 1. The number of anilines is 3. The van der Waals surface area contributed by atoms with Crippen LogP contribution in [-0.4, -0.2) is 91.4 Å². The normalized spacial score (nSPS) is 20.1. The highest BCUT2D eigenvalue weighted by Crippen LogP contribution is 2.23. The smallest absolute Gasteiger partial charge is 0.227 e. The number of morpholine rings is 1. The van der Waals surface area contributed by atoms with Gasteiger partial charge < -0.3 is 19.4 Å². The van der Waals surface area contributed by atoms with Crippen LogP contribution in [0.2, 0.25) is 0 Å². The molecule has 1 unspecified atom stereocenters. The molecule has 4 rings (SSSR count). The van der Waals surface area contributed by atoms with E-state index in [0.29, 0.717) is 6.04 Å². The van der Waals surface area contributed by atoms with E-state index in [1.807, 2.05) is 43.7 Å². The quantitative estimate of drug-likeness (QED) is 0.705. The Hall–Kier alpha value is -2.52. The predicted molar refractivity (Wildman–Crippen MR) is 114 cm³/mol. The predicted octanol–water partition coefficient (Wildman–Crippen LogP) is 0.880. The monoisotopic (exact) mass is 398 g/mol. The summed E-state index contributed by atoms with van der Waals surface area (Å²) in [5.74, 6) is 2.52.